The largest absolute Gasteiger partial charge is 0.508 e. The maximum Gasteiger partial charge on any atom is 0.335 e. The molecule has 2 aromatic carbocycles. The van der Waals surface area contributed by atoms with Gasteiger partial charge in [0.1, 0.15) is 11.3 Å². The highest BCUT2D eigenvalue weighted by Crippen LogP contribution is 2.25. The number of fused-ring (bicyclic) bond motifs is 1. The number of anilines is 1. The fourth-order valence-corrected chi connectivity index (χ4v) is 3.37. The maximum absolute atomic E-state index is 14.2. The molecule has 5 rings (SSSR count). The molecule has 152 valence electrons. The molecule has 2 heterocycles. The highest BCUT2D eigenvalue weighted by molar-refractivity contribution is 5.74. The first-order valence-electron chi connectivity index (χ1n) is 9.48. The third-order valence-electron chi connectivity index (χ3n) is 5.03. The van der Waals surface area contributed by atoms with Gasteiger partial charge in [-0.2, -0.15) is 4.98 Å². The summed E-state index contributed by atoms with van der Waals surface area (Å²) in [7, 11) is 0. The van der Waals surface area contributed by atoms with Gasteiger partial charge in [0.25, 0.3) is 0 Å². The van der Waals surface area contributed by atoms with Gasteiger partial charge in [0.05, 0.1) is 18.4 Å². The van der Waals surface area contributed by atoms with E-state index in [2.05, 4.69) is 15.3 Å². The van der Waals surface area contributed by atoms with Crippen molar-refractivity contribution in [2.24, 2.45) is 0 Å². The number of rotatable bonds is 5. The molecular weight excluding hydrogens is 392 g/mol. The Kier molecular flexibility index (Phi) is 4.23. The van der Waals surface area contributed by atoms with Crippen molar-refractivity contribution in [2.45, 2.75) is 25.4 Å². The van der Waals surface area contributed by atoms with Crippen LogP contribution in [0.25, 0.3) is 16.9 Å². The number of phenols is 1. The highest BCUT2D eigenvalue weighted by atomic mass is 19.2. The van der Waals surface area contributed by atoms with Gasteiger partial charge in [-0.1, -0.05) is 18.2 Å². The SMILES string of the molecule is O=c1n(Cc2cccc(F)c2F)c2cnc(NC3CC3)nc2n1-c1cccc(O)c1. The van der Waals surface area contributed by atoms with Gasteiger partial charge in [-0.3, -0.25) is 4.57 Å². The van der Waals surface area contributed by atoms with Gasteiger partial charge in [-0.15, -0.1) is 0 Å². The van der Waals surface area contributed by atoms with Crippen molar-refractivity contribution in [1.82, 2.24) is 19.1 Å². The molecule has 1 aliphatic carbocycles. The summed E-state index contributed by atoms with van der Waals surface area (Å²) in [4.78, 5) is 22.1. The van der Waals surface area contributed by atoms with Gasteiger partial charge >= 0.3 is 5.69 Å². The minimum Gasteiger partial charge on any atom is -0.508 e. The van der Waals surface area contributed by atoms with Gasteiger partial charge in [0.2, 0.25) is 5.95 Å². The van der Waals surface area contributed by atoms with E-state index >= 15 is 0 Å². The molecule has 0 aliphatic heterocycles. The van der Waals surface area contributed by atoms with Crippen molar-refractivity contribution in [1.29, 1.82) is 0 Å². The number of halogens is 2. The van der Waals surface area contributed by atoms with E-state index < -0.39 is 17.3 Å². The molecule has 0 saturated heterocycles. The monoisotopic (exact) mass is 409 g/mol. The molecule has 0 radical (unpaired) electrons. The van der Waals surface area contributed by atoms with Crippen molar-refractivity contribution in [3.05, 3.63) is 76.3 Å². The normalized spacial score (nSPS) is 13.7. The predicted molar refractivity (Wildman–Crippen MR) is 107 cm³/mol. The van der Waals surface area contributed by atoms with Gasteiger partial charge in [0.15, 0.2) is 17.3 Å². The predicted octanol–water partition coefficient (Wildman–Crippen LogP) is 3.19. The van der Waals surface area contributed by atoms with Crippen molar-refractivity contribution in [2.75, 3.05) is 5.32 Å². The second-order valence-electron chi connectivity index (χ2n) is 7.26. The molecule has 0 bridgehead atoms. The minimum absolute atomic E-state index is 0.0122. The van der Waals surface area contributed by atoms with Gasteiger partial charge in [0, 0.05) is 17.7 Å². The fraction of sp³-hybridized carbons (Fsp3) is 0.190. The van der Waals surface area contributed by atoms with Crippen LogP contribution in [0, 0.1) is 11.6 Å². The zero-order valence-corrected chi connectivity index (χ0v) is 15.7. The summed E-state index contributed by atoms with van der Waals surface area (Å²) in [6.45, 7) is -0.191. The molecule has 9 heteroatoms. The number of aromatic hydroxyl groups is 1. The summed E-state index contributed by atoms with van der Waals surface area (Å²) in [6, 6.07) is 10.3. The Morgan fingerprint density at radius 1 is 1.17 bits per heavy atom. The van der Waals surface area contributed by atoms with E-state index in [9.17, 15) is 18.7 Å². The van der Waals surface area contributed by atoms with Gasteiger partial charge in [-0.25, -0.2) is 23.1 Å². The average Bonchev–Trinajstić information content (AvgIpc) is 3.49. The molecule has 1 fully saturated rings. The number of hydrogen-bond acceptors (Lipinski definition) is 5. The summed E-state index contributed by atoms with van der Waals surface area (Å²) in [5.41, 5.74) is 0.609. The lowest BCUT2D eigenvalue weighted by Crippen LogP contribution is -2.24. The molecule has 0 unspecified atom stereocenters. The first kappa shape index (κ1) is 18.3. The first-order valence-corrected chi connectivity index (χ1v) is 9.48. The smallest absolute Gasteiger partial charge is 0.335 e. The molecular formula is C21H17F2N5O2. The Balaban J connectivity index is 1.71. The van der Waals surface area contributed by atoms with Crippen LogP contribution in [0.15, 0.2) is 53.5 Å². The van der Waals surface area contributed by atoms with E-state index in [0.717, 1.165) is 18.9 Å². The Morgan fingerprint density at radius 2 is 1.97 bits per heavy atom. The van der Waals surface area contributed by atoms with Crippen LogP contribution in [0.5, 0.6) is 5.75 Å². The number of benzene rings is 2. The molecule has 1 aliphatic rings. The molecule has 1 saturated carbocycles. The Labute approximate surface area is 169 Å². The Bertz CT molecular complexity index is 1330. The van der Waals surface area contributed by atoms with Crippen LogP contribution in [0.3, 0.4) is 0 Å². The van der Waals surface area contributed by atoms with Crippen LogP contribution >= 0.6 is 0 Å². The average molecular weight is 409 g/mol. The highest BCUT2D eigenvalue weighted by Gasteiger charge is 2.24. The molecule has 30 heavy (non-hydrogen) atoms. The summed E-state index contributed by atoms with van der Waals surface area (Å²) in [5.74, 6) is -1.62. The lowest BCUT2D eigenvalue weighted by Gasteiger charge is -2.06. The van der Waals surface area contributed by atoms with Crippen molar-refractivity contribution < 1.29 is 13.9 Å². The van der Waals surface area contributed by atoms with E-state index in [1.54, 1.807) is 12.1 Å². The quantitative estimate of drug-likeness (QED) is 0.529. The van der Waals surface area contributed by atoms with Gasteiger partial charge < -0.3 is 10.4 Å². The molecule has 0 atom stereocenters. The number of aromatic nitrogens is 4. The molecule has 2 N–H and O–H groups in total. The van der Waals surface area contributed by atoms with E-state index in [-0.39, 0.29) is 17.9 Å². The van der Waals surface area contributed by atoms with Crippen LogP contribution in [0.2, 0.25) is 0 Å². The first-order chi connectivity index (χ1) is 14.5. The molecule has 2 aromatic heterocycles. The Morgan fingerprint density at radius 3 is 2.73 bits per heavy atom. The number of imidazole rings is 1. The molecule has 0 amide bonds. The summed E-state index contributed by atoms with van der Waals surface area (Å²) in [5, 5.41) is 13.1. The van der Waals surface area contributed by atoms with E-state index in [4.69, 9.17) is 0 Å². The van der Waals surface area contributed by atoms with Crippen LogP contribution in [0.4, 0.5) is 14.7 Å². The third-order valence-corrected chi connectivity index (χ3v) is 5.03. The minimum atomic E-state index is -1.00. The van der Waals surface area contributed by atoms with E-state index in [1.165, 1.54) is 39.6 Å². The topological polar surface area (TPSA) is 85.0 Å². The second kappa shape index (κ2) is 6.94. The molecule has 4 aromatic rings. The second-order valence-corrected chi connectivity index (χ2v) is 7.26. The Hall–Kier alpha value is -3.75. The number of hydrogen-bond donors (Lipinski definition) is 2. The zero-order chi connectivity index (χ0) is 20.8. The number of nitrogens with zero attached hydrogens (tertiary/aromatic N) is 4. The van der Waals surface area contributed by atoms with Crippen LogP contribution in [-0.4, -0.2) is 30.3 Å². The van der Waals surface area contributed by atoms with Crippen LogP contribution in [0.1, 0.15) is 18.4 Å². The van der Waals surface area contributed by atoms with Crippen molar-refractivity contribution >= 4 is 17.1 Å². The standard InChI is InChI=1S/C21H17F2N5O2/c22-16-6-1-3-12(18(16)23)11-27-17-10-24-20(25-13-7-8-13)26-19(17)28(21(27)30)14-4-2-5-15(29)9-14/h1-6,9-10,13,29H,7-8,11H2,(H,24,25,26). The molecule has 7 nitrogen and oxygen atoms in total. The number of phenolic OH excluding ortho intramolecular Hbond substituents is 1. The lowest BCUT2D eigenvalue weighted by atomic mass is 10.2. The lowest BCUT2D eigenvalue weighted by molar-refractivity contribution is 0.475. The van der Waals surface area contributed by atoms with Gasteiger partial charge in [-0.05, 0) is 31.0 Å². The fourth-order valence-electron chi connectivity index (χ4n) is 3.37. The summed E-state index contributed by atoms with van der Waals surface area (Å²) < 4.78 is 30.5. The van der Waals surface area contributed by atoms with Crippen molar-refractivity contribution in [3.63, 3.8) is 0 Å². The summed E-state index contributed by atoms with van der Waals surface area (Å²) >= 11 is 0. The van der Waals surface area contributed by atoms with Crippen LogP contribution in [-0.2, 0) is 6.54 Å². The maximum atomic E-state index is 14.2. The zero-order valence-electron chi connectivity index (χ0n) is 15.7. The third kappa shape index (κ3) is 3.18. The summed E-state index contributed by atoms with van der Waals surface area (Å²) in [6.07, 6.45) is 3.55. The molecule has 0 spiro atoms. The van der Waals surface area contributed by atoms with E-state index in [0.29, 0.717) is 28.8 Å². The van der Waals surface area contributed by atoms with Crippen LogP contribution < -0.4 is 11.0 Å². The van der Waals surface area contributed by atoms with Crippen molar-refractivity contribution in [3.8, 4) is 11.4 Å². The van der Waals surface area contributed by atoms with E-state index in [1.807, 2.05) is 0 Å². The number of nitrogens with one attached hydrogen (secondary N) is 1.